The highest BCUT2D eigenvalue weighted by Crippen LogP contribution is 2.27. The van der Waals surface area contributed by atoms with Gasteiger partial charge in [-0.2, -0.15) is 0 Å². The maximum Gasteiger partial charge on any atom is 0.145 e. The molecule has 1 aromatic heterocycles. The fourth-order valence-electron chi connectivity index (χ4n) is 2.49. The van der Waals surface area contributed by atoms with Crippen LogP contribution in [0.2, 0.25) is 0 Å². The van der Waals surface area contributed by atoms with Gasteiger partial charge in [-0.25, -0.2) is 4.98 Å². The summed E-state index contributed by atoms with van der Waals surface area (Å²) in [5.74, 6) is 1.16. The molecule has 104 valence electrons. The molecule has 1 aliphatic heterocycles. The molecular weight excluding hydrogens is 252 g/mol. The first-order valence-corrected chi connectivity index (χ1v) is 6.91. The largest absolute Gasteiger partial charge is 0.510 e. The maximum absolute atomic E-state index is 10.1. The smallest absolute Gasteiger partial charge is 0.145 e. The number of para-hydroxylation sites is 2. The molecule has 0 saturated carbocycles. The normalized spacial score (nSPS) is 15.7. The zero-order chi connectivity index (χ0) is 14.1. The summed E-state index contributed by atoms with van der Waals surface area (Å²) in [6.07, 6.45) is 2.09. The van der Waals surface area contributed by atoms with Crippen LogP contribution in [0.4, 0.5) is 0 Å². The van der Waals surface area contributed by atoms with Crippen molar-refractivity contribution in [1.82, 2.24) is 14.9 Å². The summed E-state index contributed by atoms with van der Waals surface area (Å²) in [5.41, 5.74) is 2.29. The number of fused-ring (bicyclic) bond motifs is 1. The molecule has 0 amide bonds. The van der Waals surface area contributed by atoms with E-state index >= 15 is 0 Å². The Morgan fingerprint density at radius 2 is 2.20 bits per heavy atom. The summed E-state index contributed by atoms with van der Waals surface area (Å²) in [4.78, 5) is 9.54. The number of aliphatic hydroxyl groups excluding tert-OH is 1. The zero-order valence-corrected chi connectivity index (χ0v) is 11.5. The summed E-state index contributed by atoms with van der Waals surface area (Å²) < 4.78 is 0. The first-order chi connectivity index (χ1) is 9.70. The third-order valence-electron chi connectivity index (χ3n) is 3.59. The van der Waals surface area contributed by atoms with Gasteiger partial charge in [0.25, 0.3) is 0 Å². The van der Waals surface area contributed by atoms with E-state index in [0.29, 0.717) is 23.8 Å². The summed E-state index contributed by atoms with van der Waals surface area (Å²) in [6, 6.07) is 7.72. The van der Waals surface area contributed by atoms with Gasteiger partial charge in [-0.15, -0.1) is 0 Å². The number of aliphatic hydroxyl groups is 1. The van der Waals surface area contributed by atoms with Crippen molar-refractivity contribution in [2.24, 2.45) is 0 Å². The van der Waals surface area contributed by atoms with Gasteiger partial charge in [0.1, 0.15) is 17.4 Å². The van der Waals surface area contributed by atoms with Gasteiger partial charge in [-0.1, -0.05) is 25.5 Å². The van der Waals surface area contributed by atoms with Crippen LogP contribution in [0, 0.1) is 5.41 Å². The van der Waals surface area contributed by atoms with Gasteiger partial charge in [0.05, 0.1) is 23.2 Å². The Bertz CT molecular complexity index is 653. The number of nitrogens with one attached hydrogen (secondary N) is 2. The van der Waals surface area contributed by atoms with Crippen LogP contribution < -0.4 is 0 Å². The number of aromatic amines is 1. The lowest BCUT2D eigenvalue weighted by molar-refractivity contribution is 0.347. The van der Waals surface area contributed by atoms with Crippen molar-refractivity contribution in [2.75, 3.05) is 13.1 Å². The topological polar surface area (TPSA) is 76.0 Å². The van der Waals surface area contributed by atoms with E-state index in [1.807, 2.05) is 29.2 Å². The van der Waals surface area contributed by atoms with Crippen molar-refractivity contribution in [3.63, 3.8) is 0 Å². The number of unbranched alkanes of at least 4 members (excludes halogenated alkanes) is 1. The molecule has 1 aromatic carbocycles. The standard InChI is InChI=1S/C15H18N4O/c1-2-3-8-19-9-12(20)13(14(19)16)15-17-10-6-4-5-7-11(10)18-15/h4-7,16,20H,2-3,8-9H2,1H3,(H,17,18). The molecule has 20 heavy (non-hydrogen) atoms. The lowest BCUT2D eigenvalue weighted by Gasteiger charge is -2.17. The summed E-state index contributed by atoms with van der Waals surface area (Å²) in [5, 5.41) is 18.4. The van der Waals surface area contributed by atoms with E-state index < -0.39 is 0 Å². The zero-order valence-electron chi connectivity index (χ0n) is 11.5. The van der Waals surface area contributed by atoms with Gasteiger partial charge >= 0.3 is 0 Å². The predicted octanol–water partition coefficient (Wildman–Crippen LogP) is 2.92. The van der Waals surface area contributed by atoms with E-state index in [0.717, 1.165) is 30.4 Å². The van der Waals surface area contributed by atoms with E-state index in [4.69, 9.17) is 5.41 Å². The van der Waals surface area contributed by atoms with E-state index in [1.165, 1.54) is 0 Å². The minimum absolute atomic E-state index is 0.227. The number of nitrogens with zero attached hydrogens (tertiary/aromatic N) is 2. The van der Waals surface area contributed by atoms with Crippen LogP contribution in [0.15, 0.2) is 30.0 Å². The molecule has 0 atom stereocenters. The van der Waals surface area contributed by atoms with Gasteiger partial charge in [-0.05, 0) is 18.6 Å². The second kappa shape index (κ2) is 5.00. The summed E-state index contributed by atoms with van der Waals surface area (Å²) in [6.45, 7) is 3.32. The fourth-order valence-corrected chi connectivity index (χ4v) is 2.49. The van der Waals surface area contributed by atoms with Crippen LogP contribution in [-0.2, 0) is 0 Å². The van der Waals surface area contributed by atoms with Crippen LogP contribution in [0.5, 0.6) is 0 Å². The number of amidine groups is 1. The third kappa shape index (κ3) is 2.05. The van der Waals surface area contributed by atoms with Gasteiger partial charge in [-0.3, -0.25) is 5.41 Å². The van der Waals surface area contributed by atoms with Gasteiger partial charge < -0.3 is 15.0 Å². The minimum atomic E-state index is 0.227. The first-order valence-electron chi connectivity index (χ1n) is 6.91. The monoisotopic (exact) mass is 270 g/mol. The number of hydrogen-bond acceptors (Lipinski definition) is 3. The molecule has 0 bridgehead atoms. The molecule has 3 N–H and O–H groups in total. The number of imidazole rings is 1. The van der Waals surface area contributed by atoms with Crippen LogP contribution >= 0.6 is 0 Å². The molecule has 0 saturated heterocycles. The molecule has 0 unspecified atom stereocenters. The first kappa shape index (κ1) is 12.7. The number of rotatable bonds is 4. The highest BCUT2D eigenvalue weighted by molar-refractivity contribution is 6.23. The van der Waals surface area contributed by atoms with Gasteiger partial charge in [0.15, 0.2) is 0 Å². The van der Waals surface area contributed by atoms with Crippen molar-refractivity contribution in [1.29, 1.82) is 5.41 Å². The second-order valence-corrected chi connectivity index (χ2v) is 5.05. The number of hydrogen-bond donors (Lipinski definition) is 3. The molecule has 2 aromatic rings. The Balaban J connectivity index is 1.93. The fraction of sp³-hybridized carbons (Fsp3) is 0.333. The molecule has 0 radical (unpaired) electrons. The van der Waals surface area contributed by atoms with Crippen LogP contribution in [-0.4, -0.2) is 38.9 Å². The van der Waals surface area contributed by atoms with Gasteiger partial charge in [0, 0.05) is 6.54 Å². The Hall–Kier alpha value is -2.30. The molecular formula is C15H18N4O. The maximum atomic E-state index is 10.1. The van der Waals surface area contributed by atoms with E-state index in [2.05, 4.69) is 16.9 Å². The summed E-state index contributed by atoms with van der Waals surface area (Å²) in [7, 11) is 0. The minimum Gasteiger partial charge on any atom is -0.510 e. The van der Waals surface area contributed by atoms with Crippen molar-refractivity contribution in [3.8, 4) is 0 Å². The molecule has 0 spiro atoms. The number of aromatic nitrogens is 2. The highest BCUT2D eigenvalue weighted by Gasteiger charge is 2.29. The number of benzene rings is 1. The Morgan fingerprint density at radius 1 is 1.40 bits per heavy atom. The molecule has 2 heterocycles. The molecule has 5 nitrogen and oxygen atoms in total. The molecule has 0 fully saturated rings. The summed E-state index contributed by atoms with van der Waals surface area (Å²) >= 11 is 0. The van der Waals surface area contributed by atoms with E-state index in [1.54, 1.807) is 0 Å². The van der Waals surface area contributed by atoms with Crippen LogP contribution in [0.1, 0.15) is 25.6 Å². The van der Waals surface area contributed by atoms with Crippen molar-refractivity contribution in [3.05, 3.63) is 35.8 Å². The molecule has 0 aliphatic carbocycles. The highest BCUT2D eigenvalue weighted by atomic mass is 16.3. The van der Waals surface area contributed by atoms with E-state index in [9.17, 15) is 5.11 Å². The third-order valence-corrected chi connectivity index (χ3v) is 3.59. The molecule has 3 rings (SSSR count). The number of H-pyrrole nitrogens is 1. The molecule has 5 heteroatoms. The Kier molecular flexibility index (Phi) is 3.18. The quantitative estimate of drug-likeness (QED) is 0.799. The van der Waals surface area contributed by atoms with Gasteiger partial charge in [0.2, 0.25) is 0 Å². The predicted molar refractivity (Wildman–Crippen MR) is 79.9 cm³/mol. The Labute approximate surface area is 117 Å². The van der Waals surface area contributed by atoms with Crippen molar-refractivity contribution >= 4 is 22.4 Å². The molecule has 1 aliphatic rings. The van der Waals surface area contributed by atoms with Crippen LogP contribution in [0.25, 0.3) is 16.6 Å². The second-order valence-electron chi connectivity index (χ2n) is 5.05. The Morgan fingerprint density at radius 3 is 2.95 bits per heavy atom. The van der Waals surface area contributed by atoms with Crippen LogP contribution in [0.3, 0.4) is 0 Å². The lowest BCUT2D eigenvalue weighted by Crippen LogP contribution is -2.27. The SMILES string of the molecule is CCCCN1CC(O)=C(c2nc3ccccc3[nH]2)C1=N. The van der Waals surface area contributed by atoms with Crippen molar-refractivity contribution in [2.45, 2.75) is 19.8 Å². The van der Waals surface area contributed by atoms with Crippen molar-refractivity contribution < 1.29 is 5.11 Å². The average molecular weight is 270 g/mol. The lowest BCUT2D eigenvalue weighted by atomic mass is 10.2. The van der Waals surface area contributed by atoms with E-state index in [-0.39, 0.29) is 5.76 Å². The average Bonchev–Trinajstić information content (AvgIpc) is 2.97.